The molecule has 0 spiro atoms. The summed E-state index contributed by atoms with van der Waals surface area (Å²) >= 11 is 0. The van der Waals surface area contributed by atoms with Gasteiger partial charge in [0.1, 0.15) is 11.6 Å². The van der Waals surface area contributed by atoms with Crippen LogP contribution in [0.5, 0.6) is 0 Å². The first-order chi connectivity index (χ1) is 8.56. The summed E-state index contributed by atoms with van der Waals surface area (Å²) in [6.07, 6.45) is 2.75. The van der Waals surface area contributed by atoms with E-state index in [4.69, 9.17) is 4.42 Å². The molecule has 0 aliphatic carbocycles. The third-order valence-corrected chi connectivity index (χ3v) is 3.22. The van der Waals surface area contributed by atoms with Gasteiger partial charge in [-0.2, -0.15) is 0 Å². The molecular weight excluding hydrogens is 227 g/mol. The molecule has 2 heteroatoms. The summed E-state index contributed by atoms with van der Waals surface area (Å²) in [5.41, 5.74) is 2.36. The van der Waals surface area contributed by atoms with E-state index in [1.807, 2.05) is 18.4 Å². The van der Waals surface area contributed by atoms with Crippen LogP contribution in [-0.4, -0.2) is 0 Å². The van der Waals surface area contributed by atoms with Gasteiger partial charge in [-0.05, 0) is 41.7 Å². The predicted molar refractivity (Wildman–Crippen MR) is 71.3 cm³/mol. The lowest BCUT2D eigenvalue weighted by Crippen LogP contribution is -1.97. The van der Waals surface area contributed by atoms with E-state index in [0.29, 0.717) is 11.8 Å². The molecular formula is C16H19FO. The molecule has 96 valence electrons. The van der Waals surface area contributed by atoms with Gasteiger partial charge in [-0.3, -0.25) is 0 Å². The molecule has 18 heavy (non-hydrogen) atoms. The zero-order valence-corrected chi connectivity index (χ0v) is 11.1. The largest absolute Gasteiger partial charge is 0.469 e. The Labute approximate surface area is 108 Å². The van der Waals surface area contributed by atoms with E-state index in [2.05, 4.69) is 26.8 Å². The van der Waals surface area contributed by atoms with E-state index < -0.39 is 0 Å². The van der Waals surface area contributed by atoms with E-state index in [0.717, 1.165) is 17.7 Å². The maximum absolute atomic E-state index is 12.9. The lowest BCUT2D eigenvalue weighted by molar-refractivity contribution is 0.485. The van der Waals surface area contributed by atoms with Crippen LogP contribution in [0.1, 0.15) is 49.5 Å². The summed E-state index contributed by atoms with van der Waals surface area (Å²) in [6, 6.07) is 8.85. The molecule has 2 aromatic rings. The molecule has 0 fully saturated rings. The third kappa shape index (κ3) is 3.00. The fourth-order valence-corrected chi connectivity index (χ4v) is 2.07. The second-order valence-corrected chi connectivity index (χ2v) is 5.17. The maximum Gasteiger partial charge on any atom is 0.123 e. The Balaban J connectivity index is 2.06. The molecule has 0 bridgehead atoms. The molecule has 1 aromatic heterocycles. The van der Waals surface area contributed by atoms with Gasteiger partial charge in [-0.25, -0.2) is 4.39 Å². The zero-order valence-electron chi connectivity index (χ0n) is 11.1. The summed E-state index contributed by atoms with van der Waals surface area (Å²) in [7, 11) is 0. The minimum absolute atomic E-state index is 0.184. The molecule has 1 heterocycles. The summed E-state index contributed by atoms with van der Waals surface area (Å²) < 4.78 is 18.4. The Kier molecular flexibility index (Phi) is 3.85. The molecule has 1 nitrogen and oxygen atoms in total. The van der Waals surface area contributed by atoms with Crippen molar-refractivity contribution in [1.29, 1.82) is 0 Å². The summed E-state index contributed by atoms with van der Waals surface area (Å²) in [5.74, 6) is 1.62. The van der Waals surface area contributed by atoms with E-state index in [1.165, 1.54) is 17.7 Å². The summed E-state index contributed by atoms with van der Waals surface area (Å²) in [6.45, 7) is 6.38. The Morgan fingerprint density at radius 2 is 1.78 bits per heavy atom. The van der Waals surface area contributed by atoms with Crippen LogP contribution in [0.15, 0.2) is 41.0 Å². The van der Waals surface area contributed by atoms with Gasteiger partial charge in [0.25, 0.3) is 0 Å². The first-order valence-corrected chi connectivity index (χ1v) is 6.39. The minimum atomic E-state index is -0.184. The van der Waals surface area contributed by atoms with Crippen LogP contribution < -0.4 is 0 Å². The van der Waals surface area contributed by atoms with Crippen molar-refractivity contribution in [3.8, 4) is 0 Å². The second-order valence-electron chi connectivity index (χ2n) is 5.17. The molecule has 0 radical (unpaired) electrons. The quantitative estimate of drug-likeness (QED) is 0.748. The molecule has 1 atom stereocenters. The van der Waals surface area contributed by atoms with Crippen LogP contribution in [0.3, 0.4) is 0 Å². The summed E-state index contributed by atoms with van der Waals surface area (Å²) in [5, 5.41) is 0. The van der Waals surface area contributed by atoms with E-state index in [9.17, 15) is 4.39 Å². The van der Waals surface area contributed by atoms with Gasteiger partial charge in [0.15, 0.2) is 0 Å². The Morgan fingerprint density at radius 1 is 1.11 bits per heavy atom. The Morgan fingerprint density at radius 3 is 2.33 bits per heavy atom. The fourth-order valence-electron chi connectivity index (χ4n) is 2.07. The normalized spacial score (nSPS) is 12.9. The highest BCUT2D eigenvalue weighted by Crippen LogP contribution is 2.24. The topological polar surface area (TPSA) is 13.1 Å². The second kappa shape index (κ2) is 5.38. The third-order valence-electron chi connectivity index (χ3n) is 3.22. The van der Waals surface area contributed by atoms with Crippen molar-refractivity contribution in [3.63, 3.8) is 0 Å². The zero-order chi connectivity index (χ0) is 13.1. The van der Waals surface area contributed by atoms with Crippen molar-refractivity contribution in [1.82, 2.24) is 0 Å². The monoisotopic (exact) mass is 246 g/mol. The fraction of sp³-hybridized carbons (Fsp3) is 0.375. The van der Waals surface area contributed by atoms with Crippen molar-refractivity contribution in [2.24, 2.45) is 0 Å². The van der Waals surface area contributed by atoms with Gasteiger partial charge in [0.2, 0.25) is 0 Å². The van der Waals surface area contributed by atoms with Crippen LogP contribution in [0, 0.1) is 5.82 Å². The highest BCUT2D eigenvalue weighted by molar-refractivity contribution is 5.24. The molecule has 1 unspecified atom stereocenters. The predicted octanol–water partition coefficient (Wildman–Crippen LogP) is 4.89. The number of benzene rings is 1. The SMILES string of the molecule is CC(C)c1cc(CC(C)c2ccc(F)cc2)co1. The van der Waals surface area contributed by atoms with Crippen LogP contribution in [-0.2, 0) is 6.42 Å². The van der Waals surface area contributed by atoms with Crippen LogP contribution in [0.4, 0.5) is 4.39 Å². The molecule has 0 saturated heterocycles. The molecule has 2 rings (SSSR count). The van der Waals surface area contributed by atoms with E-state index >= 15 is 0 Å². The van der Waals surface area contributed by atoms with Crippen LogP contribution >= 0.6 is 0 Å². The lowest BCUT2D eigenvalue weighted by Gasteiger charge is -2.10. The molecule has 0 amide bonds. The summed E-state index contributed by atoms with van der Waals surface area (Å²) in [4.78, 5) is 0. The average Bonchev–Trinajstić information content (AvgIpc) is 2.78. The van der Waals surface area contributed by atoms with Crippen molar-refractivity contribution in [2.45, 2.75) is 39.0 Å². The highest BCUT2D eigenvalue weighted by atomic mass is 19.1. The van der Waals surface area contributed by atoms with E-state index in [-0.39, 0.29) is 5.82 Å². The smallest absolute Gasteiger partial charge is 0.123 e. The number of hydrogen-bond donors (Lipinski definition) is 0. The maximum atomic E-state index is 12.9. The van der Waals surface area contributed by atoms with Crippen LogP contribution in [0.25, 0.3) is 0 Å². The van der Waals surface area contributed by atoms with E-state index in [1.54, 1.807) is 0 Å². The first-order valence-electron chi connectivity index (χ1n) is 6.39. The van der Waals surface area contributed by atoms with Gasteiger partial charge in [-0.15, -0.1) is 0 Å². The van der Waals surface area contributed by atoms with Crippen molar-refractivity contribution >= 4 is 0 Å². The first kappa shape index (κ1) is 12.9. The standard InChI is InChI=1S/C16H19FO/c1-11(2)16-9-13(10-18-16)8-12(3)14-4-6-15(17)7-5-14/h4-7,9-12H,8H2,1-3H3. The number of rotatable bonds is 4. The molecule has 0 aliphatic heterocycles. The van der Waals surface area contributed by atoms with Gasteiger partial charge < -0.3 is 4.42 Å². The van der Waals surface area contributed by atoms with Crippen molar-refractivity contribution < 1.29 is 8.81 Å². The number of hydrogen-bond acceptors (Lipinski definition) is 1. The minimum Gasteiger partial charge on any atom is -0.469 e. The molecule has 0 saturated carbocycles. The number of halogens is 1. The van der Waals surface area contributed by atoms with Gasteiger partial charge in [0, 0.05) is 5.92 Å². The Hall–Kier alpha value is -1.57. The van der Waals surface area contributed by atoms with Gasteiger partial charge in [-0.1, -0.05) is 32.9 Å². The molecule has 1 aromatic carbocycles. The lowest BCUT2D eigenvalue weighted by atomic mass is 9.94. The Bertz CT molecular complexity index is 496. The average molecular weight is 246 g/mol. The van der Waals surface area contributed by atoms with Crippen molar-refractivity contribution in [2.75, 3.05) is 0 Å². The van der Waals surface area contributed by atoms with Gasteiger partial charge >= 0.3 is 0 Å². The van der Waals surface area contributed by atoms with Gasteiger partial charge in [0.05, 0.1) is 6.26 Å². The molecule has 0 N–H and O–H groups in total. The van der Waals surface area contributed by atoms with Crippen molar-refractivity contribution in [3.05, 3.63) is 59.3 Å². The van der Waals surface area contributed by atoms with Crippen LogP contribution in [0.2, 0.25) is 0 Å². The highest BCUT2D eigenvalue weighted by Gasteiger charge is 2.10. The number of furan rings is 1. The molecule has 0 aliphatic rings.